The van der Waals surface area contributed by atoms with Gasteiger partial charge in [0.2, 0.25) is 0 Å². The van der Waals surface area contributed by atoms with Crippen LogP contribution in [0.1, 0.15) is 10.4 Å². The molecular formula is C15H14F2N2OS. The average Bonchev–Trinajstić information content (AvgIpc) is 2.41. The molecule has 0 aliphatic rings. The third kappa shape index (κ3) is 3.52. The molecule has 3 nitrogen and oxygen atoms in total. The van der Waals surface area contributed by atoms with Crippen molar-refractivity contribution in [3.05, 3.63) is 53.6 Å². The molecule has 0 spiro atoms. The standard InChI is InChI=1S/C15H14F2N2OS/c1-19(2)15(20)11-5-4-10(18)8-14(11)21-13-6-3-9(16)7-12(13)17/h3-8H,18H2,1-2H3. The van der Waals surface area contributed by atoms with Crippen LogP contribution in [0.3, 0.4) is 0 Å². The zero-order valence-electron chi connectivity index (χ0n) is 11.6. The number of carbonyl (C=O) groups excluding carboxylic acids is 1. The van der Waals surface area contributed by atoms with E-state index in [1.165, 1.54) is 17.0 Å². The van der Waals surface area contributed by atoms with Crippen LogP contribution in [0.25, 0.3) is 0 Å². The first-order valence-corrected chi connectivity index (χ1v) is 6.94. The lowest BCUT2D eigenvalue weighted by molar-refractivity contribution is 0.0824. The Morgan fingerprint density at radius 2 is 1.81 bits per heavy atom. The summed E-state index contributed by atoms with van der Waals surface area (Å²) < 4.78 is 26.7. The van der Waals surface area contributed by atoms with Gasteiger partial charge in [0, 0.05) is 35.6 Å². The highest BCUT2D eigenvalue weighted by atomic mass is 32.2. The number of carbonyl (C=O) groups is 1. The first-order chi connectivity index (χ1) is 9.88. The van der Waals surface area contributed by atoms with Crippen molar-refractivity contribution >= 4 is 23.4 Å². The van der Waals surface area contributed by atoms with Crippen LogP contribution in [-0.2, 0) is 0 Å². The van der Waals surface area contributed by atoms with Crippen LogP contribution in [0.4, 0.5) is 14.5 Å². The summed E-state index contributed by atoms with van der Waals surface area (Å²) in [5.74, 6) is -1.53. The number of rotatable bonds is 3. The maximum absolute atomic E-state index is 13.7. The van der Waals surface area contributed by atoms with Crippen molar-refractivity contribution in [1.82, 2.24) is 4.90 Å². The lowest BCUT2D eigenvalue weighted by Crippen LogP contribution is -2.22. The minimum atomic E-state index is -0.675. The van der Waals surface area contributed by atoms with Gasteiger partial charge in [0.1, 0.15) is 11.6 Å². The van der Waals surface area contributed by atoms with Gasteiger partial charge in [-0.3, -0.25) is 4.79 Å². The third-order valence-corrected chi connectivity index (χ3v) is 3.86. The Morgan fingerprint density at radius 3 is 2.43 bits per heavy atom. The average molecular weight is 308 g/mol. The molecule has 0 unspecified atom stereocenters. The fraction of sp³-hybridized carbons (Fsp3) is 0.133. The third-order valence-electron chi connectivity index (χ3n) is 2.76. The van der Waals surface area contributed by atoms with Gasteiger partial charge in [0.25, 0.3) is 5.91 Å². The summed E-state index contributed by atoms with van der Waals surface area (Å²) in [6.45, 7) is 0. The number of nitrogens with two attached hydrogens (primary N) is 1. The minimum absolute atomic E-state index is 0.208. The lowest BCUT2D eigenvalue weighted by atomic mass is 10.2. The summed E-state index contributed by atoms with van der Waals surface area (Å²) in [6.07, 6.45) is 0. The molecule has 2 N–H and O–H groups in total. The van der Waals surface area contributed by atoms with Crippen LogP contribution in [0, 0.1) is 11.6 Å². The Bertz CT molecular complexity index is 689. The number of benzene rings is 2. The largest absolute Gasteiger partial charge is 0.399 e. The van der Waals surface area contributed by atoms with Crippen LogP contribution in [0.2, 0.25) is 0 Å². The number of nitrogen functional groups attached to an aromatic ring is 1. The van der Waals surface area contributed by atoms with E-state index in [2.05, 4.69) is 0 Å². The highest BCUT2D eigenvalue weighted by Gasteiger charge is 2.16. The van der Waals surface area contributed by atoms with Crippen LogP contribution in [0.15, 0.2) is 46.2 Å². The van der Waals surface area contributed by atoms with Gasteiger partial charge in [-0.25, -0.2) is 8.78 Å². The van der Waals surface area contributed by atoms with Gasteiger partial charge in [-0.2, -0.15) is 0 Å². The fourth-order valence-corrected chi connectivity index (χ4v) is 2.71. The number of nitrogens with zero attached hydrogens (tertiary/aromatic N) is 1. The molecule has 2 aromatic carbocycles. The molecule has 2 rings (SSSR count). The van der Waals surface area contributed by atoms with Gasteiger partial charge in [0.05, 0.1) is 5.56 Å². The van der Waals surface area contributed by atoms with Crippen LogP contribution >= 0.6 is 11.8 Å². The van der Waals surface area contributed by atoms with E-state index >= 15 is 0 Å². The van der Waals surface area contributed by atoms with Crippen molar-refractivity contribution in [3.8, 4) is 0 Å². The van der Waals surface area contributed by atoms with E-state index in [-0.39, 0.29) is 10.8 Å². The smallest absolute Gasteiger partial charge is 0.254 e. The van der Waals surface area contributed by atoms with Crippen molar-refractivity contribution in [2.45, 2.75) is 9.79 Å². The molecule has 0 saturated heterocycles. The van der Waals surface area contributed by atoms with E-state index in [1.807, 2.05) is 0 Å². The van der Waals surface area contributed by atoms with Gasteiger partial charge >= 0.3 is 0 Å². The highest BCUT2D eigenvalue weighted by Crippen LogP contribution is 2.34. The first-order valence-electron chi connectivity index (χ1n) is 6.12. The number of anilines is 1. The molecule has 0 aliphatic carbocycles. The predicted octanol–water partition coefficient (Wildman–Crippen LogP) is 3.40. The number of hydrogen-bond acceptors (Lipinski definition) is 3. The molecule has 0 atom stereocenters. The van der Waals surface area contributed by atoms with E-state index in [0.717, 1.165) is 17.8 Å². The molecule has 2 aromatic rings. The monoisotopic (exact) mass is 308 g/mol. The maximum atomic E-state index is 13.7. The second kappa shape index (κ2) is 6.13. The summed E-state index contributed by atoms with van der Waals surface area (Å²) in [7, 11) is 3.26. The number of amides is 1. The molecule has 0 saturated carbocycles. The molecule has 6 heteroatoms. The molecule has 0 radical (unpaired) electrons. The zero-order chi connectivity index (χ0) is 15.6. The van der Waals surface area contributed by atoms with E-state index in [1.54, 1.807) is 32.3 Å². The van der Waals surface area contributed by atoms with Gasteiger partial charge in [0.15, 0.2) is 0 Å². The van der Waals surface area contributed by atoms with Gasteiger partial charge in [-0.1, -0.05) is 11.8 Å². The van der Waals surface area contributed by atoms with E-state index in [9.17, 15) is 13.6 Å². The fourth-order valence-electron chi connectivity index (χ4n) is 1.72. The Labute approximate surface area is 125 Å². The summed E-state index contributed by atoms with van der Waals surface area (Å²) in [5.41, 5.74) is 6.61. The SMILES string of the molecule is CN(C)C(=O)c1ccc(N)cc1Sc1ccc(F)cc1F. The summed E-state index contributed by atoms with van der Waals surface area (Å²) in [5, 5.41) is 0. The molecule has 110 valence electrons. The van der Waals surface area contributed by atoms with E-state index < -0.39 is 11.6 Å². The van der Waals surface area contributed by atoms with Gasteiger partial charge in [-0.05, 0) is 30.3 Å². The van der Waals surface area contributed by atoms with Crippen molar-refractivity contribution in [2.75, 3.05) is 19.8 Å². The van der Waals surface area contributed by atoms with Crippen LogP contribution < -0.4 is 5.73 Å². The van der Waals surface area contributed by atoms with E-state index in [0.29, 0.717) is 16.1 Å². The molecular weight excluding hydrogens is 294 g/mol. The second-order valence-electron chi connectivity index (χ2n) is 4.63. The second-order valence-corrected chi connectivity index (χ2v) is 5.72. The number of hydrogen-bond donors (Lipinski definition) is 1. The zero-order valence-corrected chi connectivity index (χ0v) is 12.4. The minimum Gasteiger partial charge on any atom is -0.399 e. The summed E-state index contributed by atoms with van der Waals surface area (Å²) >= 11 is 1.04. The van der Waals surface area contributed by atoms with Gasteiger partial charge < -0.3 is 10.6 Å². The Balaban J connectivity index is 2.43. The Kier molecular flexibility index (Phi) is 4.47. The van der Waals surface area contributed by atoms with Crippen molar-refractivity contribution in [3.63, 3.8) is 0 Å². The predicted molar refractivity (Wildman–Crippen MR) is 79.4 cm³/mol. The van der Waals surface area contributed by atoms with Crippen molar-refractivity contribution < 1.29 is 13.6 Å². The quantitative estimate of drug-likeness (QED) is 0.884. The molecule has 0 aromatic heterocycles. The first kappa shape index (κ1) is 15.3. The highest BCUT2D eigenvalue weighted by molar-refractivity contribution is 7.99. The Morgan fingerprint density at radius 1 is 1.10 bits per heavy atom. The summed E-state index contributed by atoms with van der Waals surface area (Å²) in [6, 6.07) is 8.13. The van der Waals surface area contributed by atoms with Crippen molar-refractivity contribution in [2.24, 2.45) is 0 Å². The van der Waals surface area contributed by atoms with E-state index in [4.69, 9.17) is 5.73 Å². The molecule has 1 amide bonds. The van der Waals surface area contributed by atoms with Crippen LogP contribution in [0.5, 0.6) is 0 Å². The van der Waals surface area contributed by atoms with Crippen molar-refractivity contribution in [1.29, 1.82) is 0 Å². The topological polar surface area (TPSA) is 46.3 Å². The molecule has 0 heterocycles. The molecule has 0 fully saturated rings. The van der Waals surface area contributed by atoms with Crippen LogP contribution in [-0.4, -0.2) is 24.9 Å². The normalized spacial score (nSPS) is 10.5. The maximum Gasteiger partial charge on any atom is 0.254 e. The molecule has 0 aliphatic heterocycles. The number of halogens is 2. The molecule has 0 bridgehead atoms. The molecule has 21 heavy (non-hydrogen) atoms. The lowest BCUT2D eigenvalue weighted by Gasteiger charge is -2.14. The Hall–Kier alpha value is -2.08. The summed E-state index contributed by atoms with van der Waals surface area (Å²) in [4.78, 5) is 14.3. The van der Waals surface area contributed by atoms with Gasteiger partial charge in [-0.15, -0.1) is 0 Å².